The zero-order valence-electron chi connectivity index (χ0n) is 24.2. The van der Waals surface area contributed by atoms with Crippen LogP contribution in [-0.4, -0.2) is 29.4 Å². The number of nitrogens with one attached hydrogen (secondary N) is 3. The van der Waals surface area contributed by atoms with E-state index in [1.807, 2.05) is 24.3 Å². The van der Waals surface area contributed by atoms with Gasteiger partial charge in [0.1, 0.15) is 17.2 Å². The van der Waals surface area contributed by atoms with Crippen LogP contribution < -0.4 is 21.7 Å². The van der Waals surface area contributed by atoms with Gasteiger partial charge in [-0.25, -0.2) is 0 Å². The van der Waals surface area contributed by atoms with Gasteiger partial charge in [-0.2, -0.15) is 0 Å². The van der Waals surface area contributed by atoms with Crippen LogP contribution in [0.4, 0.5) is 11.4 Å². The van der Waals surface area contributed by atoms with Gasteiger partial charge < -0.3 is 26.1 Å². The number of primary amides is 1. The lowest BCUT2D eigenvalue weighted by Crippen LogP contribution is -2.30. The molecule has 0 atom stereocenters. The molecule has 0 saturated heterocycles. The Morgan fingerprint density at radius 2 is 1.39 bits per heavy atom. The second-order valence-corrected chi connectivity index (χ2v) is 11.8. The number of nitrogens with two attached hydrogens (primary N) is 1. The molecule has 0 aliphatic rings. The molecule has 0 saturated carbocycles. The predicted molar refractivity (Wildman–Crippen MR) is 183 cm³/mol. The molecule has 0 radical (unpaired) electrons. The molecule has 4 amide bonds. The van der Waals surface area contributed by atoms with E-state index >= 15 is 0 Å². The van der Waals surface area contributed by atoms with E-state index in [2.05, 4.69) is 31.9 Å². The van der Waals surface area contributed by atoms with Crippen molar-refractivity contribution in [1.82, 2.24) is 5.32 Å². The summed E-state index contributed by atoms with van der Waals surface area (Å²) in [4.78, 5) is 50.8. The van der Waals surface area contributed by atoms with Gasteiger partial charge in [-0.1, -0.05) is 46.3 Å². The molecule has 230 valence electrons. The molecule has 1 heterocycles. The molecule has 0 bridgehead atoms. The fourth-order valence-electron chi connectivity index (χ4n) is 4.18. The Balaban J connectivity index is 1.24. The van der Waals surface area contributed by atoms with Crippen LogP contribution >= 0.6 is 27.7 Å². The fourth-order valence-corrected chi connectivity index (χ4v) is 5.14. The number of hydrogen-bond donors (Lipinski definition) is 4. The number of halogens is 1. The summed E-state index contributed by atoms with van der Waals surface area (Å²) in [5.41, 5.74) is 7.88. The zero-order chi connectivity index (χ0) is 32.5. The summed E-state index contributed by atoms with van der Waals surface area (Å²) in [6.45, 7) is 0. The number of hydrogen-bond acceptors (Lipinski definition) is 6. The summed E-state index contributed by atoms with van der Waals surface area (Å²) in [6, 6.07) is 33.0. The van der Waals surface area contributed by atoms with E-state index < -0.39 is 17.7 Å². The van der Waals surface area contributed by atoms with Crippen molar-refractivity contribution in [3.05, 3.63) is 142 Å². The number of rotatable bonds is 11. The first-order valence-electron chi connectivity index (χ1n) is 13.9. The van der Waals surface area contributed by atoms with E-state index in [9.17, 15) is 19.2 Å². The van der Waals surface area contributed by atoms with Gasteiger partial charge in [-0.3, -0.25) is 19.2 Å². The molecule has 5 N–H and O–H groups in total. The van der Waals surface area contributed by atoms with Gasteiger partial charge in [-0.05, 0) is 84.9 Å². The Bertz CT molecular complexity index is 1890. The third-order valence-electron chi connectivity index (χ3n) is 6.51. The lowest BCUT2D eigenvalue weighted by Gasteiger charge is -2.11. The second-order valence-electron chi connectivity index (χ2n) is 9.84. The average Bonchev–Trinajstić information content (AvgIpc) is 3.53. The van der Waals surface area contributed by atoms with E-state index in [1.54, 1.807) is 91.0 Å². The summed E-state index contributed by atoms with van der Waals surface area (Å²) < 4.78 is 6.90. The van der Waals surface area contributed by atoms with Gasteiger partial charge in [0.2, 0.25) is 11.8 Å². The Morgan fingerprint density at radius 3 is 2.07 bits per heavy atom. The predicted octanol–water partition coefficient (Wildman–Crippen LogP) is 6.95. The number of anilines is 2. The Morgan fingerprint density at radius 1 is 0.739 bits per heavy atom. The van der Waals surface area contributed by atoms with Crippen LogP contribution in [0, 0.1) is 0 Å². The number of benzene rings is 4. The summed E-state index contributed by atoms with van der Waals surface area (Å²) in [7, 11) is 0. The van der Waals surface area contributed by atoms with Crippen molar-refractivity contribution in [1.29, 1.82) is 0 Å². The largest absolute Gasteiger partial charge is 0.457 e. The van der Waals surface area contributed by atoms with E-state index in [1.165, 1.54) is 17.8 Å². The zero-order valence-corrected chi connectivity index (χ0v) is 26.6. The highest BCUT2D eigenvalue weighted by Gasteiger charge is 2.17. The highest BCUT2D eigenvalue weighted by Crippen LogP contribution is 2.26. The average molecular weight is 696 g/mol. The Hall–Kier alpha value is -5.39. The van der Waals surface area contributed by atoms with Crippen LogP contribution in [-0.2, 0) is 9.59 Å². The smallest absolute Gasteiger partial charge is 0.272 e. The standard InChI is InChI=1S/C35H27BrN4O5S/c36-25-10-6-22(7-11-25)31-19-16-28(45-31)20-30(40-34(43)24-4-2-1-3-5-24)35(44)39-27-14-17-29(18-15-27)46-21-32(41)38-26-12-8-23(9-13-26)33(37)42/h1-20H,21H2,(H2,37,42)(H,38,41)(H,39,44)(H,40,43)/b30-20-. The van der Waals surface area contributed by atoms with Gasteiger partial charge in [0, 0.05) is 43.5 Å². The van der Waals surface area contributed by atoms with Gasteiger partial charge in [0.05, 0.1) is 5.75 Å². The number of carbonyl (C=O) groups excluding carboxylic acids is 4. The van der Waals surface area contributed by atoms with Crippen molar-refractivity contribution in [2.75, 3.05) is 16.4 Å². The topological polar surface area (TPSA) is 144 Å². The lowest BCUT2D eigenvalue weighted by atomic mass is 10.2. The minimum absolute atomic E-state index is 0.00968. The van der Waals surface area contributed by atoms with Crippen molar-refractivity contribution in [3.63, 3.8) is 0 Å². The number of amides is 4. The first-order chi connectivity index (χ1) is 22.2. The van der Waals surface area contributed by atoms with E-state index in [0.29, 0.717) is 34.0 Å². The molecule has 46 heavy (non-hydrogen) atoms. The molecule has 0 fully saturated rings. The maximum atomic E-state index is 13.4. The second kappa shape index (κ2) is 15.1. The molecule has 5 aromatic rings. The molecular weight excluding hydrogens is 668 g/mol. The fraction of sp³-hybridized carbons (Fsp3) is 0.0286. The van der Waals surface area contributed by atoms with Gasteiger partial charge in [0.15, 0.2) is 0 Å². The highest BCUT2D eigenvalue weighted by molar-refractivity contribution is 9.10. The summed E-state index contributed by atoms with van der Waals surface area (Å²) >= 11 is 4.74. The molecule has 0 unspecified atom stereocenters. The molecule has 0 spiro atoms. The SMILES string of the molecule is NC(=O)c1ccc(NC(=O)CSc2ccc(NC(=O)/C(=C/c3ccc(-c4ccc(Br)cc4)o3)NC(=O)c3ccccc3)cc2)cc1. The Labute approximate surface area is 277 Å². The third-order valence-corrected chi connectivity index (χ3v) is 8.05. The van der Waals surface area contributed by atoms with Crippen molar-refractivity contribution in [3.8, 4) is 11.3 Å². The van der Waals surface area contributed by atoms with Gasteiger partial charge in [-0.15, -0.1) is 11.8 Å². The summed E-state index contributed by atoms with van der Waals surface area (Å²) in [6.07, 6.45) is 1.47. The van der Waals surface area contributed by atoms with Gasteiger partial charge >= 0.3 is 0 Å². The first kappa shape index (κ1) is 32.0. The molecule has 0 aliphatic carbocycles. The van der Waals surface area contributed by atoms with E-state index in [4.69, 9.17) is 10.2 Å². The number of carbonyl (C=O) groups is 4. The monoisotopic (exact) mass is 694 g/mol. The summed E-state index contributed by atoms with van der Waals surface area (Å²) in [5.74, 6) is -0.627. The van der Waals surface area contributed by atoms with E-state index in [-0.39, 0.29) is 17.4 Å². The molecule has 5 rings (SSSR count). The molecule has 0 aliphatic heterocycles. The van der Waals surface area contributed by atoms with Gasteiger partial charge in [0.25, 0.3) is 11.8 Å². The summed E-state index contributed by atoms with van der Waals surface area (Å²) in [5, 5.41) is 8.28. The van der Waals surface area contributed by atoms with Crippen molar-refractivity contribution in [2.45, 2.75) is 4.90 Å². The third kappa shape index (κ3) is 8.84. The normalized spacial score (nSPS) is 11.0. The number of thioether (sulfide) groups is 1. The molecular formula is C35H27BrN4O5S. The molecule has 11 heteroatoms. The maximum Gasteiger partial charge on any atom is 0.272 e. The van der Waals surface area contributed by atoms with Crippen LogP contribution in [0.25, 0.3) is 17.4 Å². The quantitative estimate of drug-likeness (QED) is 0.0871. The Kier molecular flexibility index (Phi) is 10.5. The van der Waals surface area contributed by atoms with Crippen LogP contribution in [0.15, 0.2) is 135 Å². The van der Waals surface area contributed by atoms with Crippen molar-refractivity contribution in [2.24, 2.45) is 5.73 Å². The van der Waals surface area contributed by atoms with Crippen LogP contribution in [0.1, 0.15) is 26.5 Å². The first-order valence-corrected chi connectivity index (χ1v) is 15.7. The highest BCUT2D eigenvalue weighted by atomic mass is 79.9. The van der Waals surface area contributed by atoms with Crippen LogP contribution in [0.5, 0.6) is 0 Å². The van der Waals surface area contributed by atoms with E-state index in [0.717, 1.165) is 14.9 Å². The lowest BCUT2D eigenvalue weighted by molar-refractivity contribution is -0.114. The van der Waals surface area contributed by atoms with Crippen molar-refractivity contribution >= 4 is 68.8 Å². The van der Waals surface area contributed by atoms with Crippen molar-refractivity contribution < 1.29 is 23.6 Å². The maximum absolute atomic E-state index is 13.4. The minimum atomic E-state index is -0.548. The van der Waals surface area contributed by atoms with Crippen LogP contribution in [0.3, 0.4) is 0 Å². The molecule has 1 aromatic heterocycles. The minimum Gasteiger partial charge on any atom is -0.457 e. The molecule has 4 aromatic carbocycles. The number of furan rings is 1. The molecule has 9 nitrogen and oxygen atoms in total. The van der Waals surface area contributed by atoms with Crippen LogP contribution in [0.2, 0.25) is 0 Å².